The molecule has 0 atom stereocenters. The number of carbonyl (C=O) groups is 1. The van der Waals surface area contributed by atoms with Crippen molar-refractivity contribution in [2.75, 3.05) is 31.6 Å². The third-order valence-electron chi connectivity index (χ3n) is 6.01. The second kappa shape index (κ2) is 8.17. The summed E-state index contributed by atoms with van der Waals surface area (Å²) < 4.78 is 19.9. The van der Waals surface area contributed by atoms with Gasteiger partial charge in [-0.3, -0.25) is 5.32 Å². The quantitative estimate of drug-likeness (QED) is 0.743. The van der Waals surface area contributed by atoms with Crippen molar-refractivity contribution in [2.45, 2.75) is 39.0 Å². The topological polar surface area (TPSA) is 54.5 Å². The number of carbonyl (C=O) groups excluding carboxylic acids is 1. The summed E-state index contributed by atoms with van der Waals surface area (Å²) in [5, 5.41) is 2.75. The van der Waals surface area contributed by atoms with E-state index in [1.54, 1.807) is 5.51 Å². The van der Waals surface area contributed by atoms with Gasteiger partial charge in [-0.05, 0) is 62.5 Å². The van der Waals surface area contributed by atoms with E-state index < -0.39 is 6.09 Å². The van der Waals surface area contributed by atoms with Gasteiger partial charge < -0.3 is 9.64 Å². The lowest BCUT2D eigenvalue weighted by atomic mass is 9.73. The largest absolute Gasteiger partial charge is 0.449 e. The summed E-state index contributed by atoms with van der Waals surface area (Å²) in [4.78, 5) is 19.8. The number of amides is 1. The molecular weight excluding hydrogens is 377 g/mol. The van der Waals surface area contributed by atoms with Crippen LogP contribution in [0.25, 0.3) is 10.4 Å². The molecule has 0 unspecified atom stereocenters. The first-order valence-electron chi connectivity index (χ1n) is 9.97. The fraction of sp³-hybridized carbons (Fsp3) is 0.524. The predicted molar refractivity (Wildman–Crippen MR) is 109 cm³/mol. The van der Waals surface area contributed by atoms with Crippen LogP contribution in [-0.4, -0.2) is 42.2 Å². The molecule has 28 heavy (non-hydrogen) atoms. The number of hydrogen-bond donors (Lipinski definition) is 1. The zero-order chi connectivity index (χ0) is 19.6. The highest BCUT2D eigenvalue weighted by Crippen LogP contribution is 2.40. The van der Waals surface area contributed by atoms with Gasteiger partial charge in [0, 0.05) is 5.41 Å². The average molecular weight is 404 g/mol. The van der Waals surface area contributed by atoms with Crippen molar-refractivity contribution in [1.82, 2.24) is 9.88 Å². The van der Waals surface area contributed by atoms with E-state index in [2.05, 4.69) is 15.2 Å². The van der Waals surface area contributed by atoms with Gasteiger partial charge in [0.1, 0.15) is 5.82 Å². The third kappa shape index (κ3) is 4.05. The molecule has 0 spiro atoms. The third-order valence-corrected chi connectivity index (χ3v) is 6.88. The number of hydrogen-bond acceptors (Lipinski definition) is 5. The van der Waals surface area contributed by atoms with Crippen molar-refractivity contribution in [3.63, 3.8) is 0 Å². The smallest absolute Gasteiger partial charge is 0.412 e. The molecule has 150 valence electrons. The van der Waals surface area contributed by atoms with E-state index in [1.807, 2.05) is 19.1 Å². The van der Waals surface area contributed by atoms with Gasteiger partial charge in [-0.15, -0.1) is 11.3 Å². The first-order valence-corrected chi connectivity index (χ1v) is 10.8. The van der Waals surface area contributed by atoms with E-state index in [4.69, 9.17) is 4.74 Å². The van der Waals surface area contributed by atoms with E-state index in [0.29, 0.717) is 30.0 Å². The lowest BCUT2D eigenvalue weighted by molar-refractivity contribution is -0.0190. The Hall–Kier alpha value is -1.99. The number of benzene rings is 1. The molecule has 0 aliphatic carbocycles. The maximum atomic E-state index is 14.3. The number of halogens is 1. The zero-order valence-electron chi connectivity index (χ0n) is 16.2. The Labute approximate surface area is 168 Å². The lowest BCUT2D eigenvalue weighted by Crippen LogP contribution is -2.50. The number of rotatable bonds is 6. The second-order valence-corrected chi connectivity index (χ2v) is 8.73. The number of aryl methyl sites for hydroxylation is 1. The molecule has 3 aliphatic heterocycles. The molecule has 5 nitrogen and oxygen atoms in total. The molecule has 2 bridgehead atoms. The normalized spacial score (nSPS) is 23.6. The zero-order valence-corrected chi connectivity index (χ0v) is 17.0. The van der Waals surface area contributed by atoms with Gasteiger partial charge in [-0.25, -0.2) is 14.2 Å². The molecule has 3 fully saturated rings. The van der Waals surface area contributed by atoms with Crippen molar-refractivity contribution >= 4 is 23.2 Å². The number of fused-ring (bicyclic) bond motifs is 3. The highest BCUT2D eigenvalue weighted by molar-refractivity contribution is 7.13. The van der Waals surface area contributed by atoms with Gasteiger partial charge in [-0.1, -0.05) is 25.5 Å². The molecule has 1 aromatic carbocycles. The van der Waals surface area contributed by atoms with Crippen LogP contribution in [-0.2, 0) is 11.2 Å². The number of aromatic nitrogens is 1. The Morgan fingerprint density at radius 2 is 2.07 bits per heavy atom. The van der Waals surface area contributed by atoms with Crippen molar-refractivity contribution < 1.29 is 13.9 Å². The van der Waals surface area contributed by atoms with Crippen LogP contribution >= 0.6 is 11.3 Å². The van der Waals surface area contributed by atoms with Crippen LogP contribution in [0, 0.1) is 11.2 Å². The van der Waals surface area contributed by atoms with Crippen molar-refractivity contribution in [3.8, 4) is 10.4 Å². The lowest BCUT2D eigenvalue weighted by Gasteiger charge is -2.47. The fourth-order valence-corrected chi connectivity index (χ4v) is 4.91. The van der Waals surface area contributed by atoms with Crippen LogP contribution in [0.3, 0.4) is 0 Å². The summed E-state index contributed by atoms with van der Waals surface area (Å²) in [6.45, 7) is 5.77. The molecule has 1 aromatic heterocycles. The van der Waals surface area contributed by atoms with E-state index in [-0.39, 0.29) is 11.2 Å². The van der Waals surface area contributed by atoms with Gasteiger partial charge >= 0.3 is 6.09 Å². The molecule has 5 rings (SSSR count). The summed E-state index contributed by atoms with van der Waals surface area (Å²) >= 11 is 1.38. The average Bonchev–Trinajstić information content (AvgIpc) is 3.18. The molecular formula is C21H26FN3O2S. The van der Waals surface area contributed by atoms with Gasteiger partial charge in [0.05, 0.1) is 17.0 Å². The van der Waals surface area contributed by atoms with Crippen LogP contribution in [0.4, 0.5) is 15.0 Å². The summed E-state index contributed by atoms with van der Waals surface area (Å²) in [6.07, 6.45) is 4.39. The SMILES string of the molecule is CCCc1ccc(-c2scnc2NC(=O)OCC23CCN(CC2)CC3)cc1F. The molecule has 1 amide bonds. The first kappa shape index (κ1) is 19.3. The van der Waals surface area contributed by atoms with E-state index in [1.165, 1.54) is 17.4 Å². The highest BCUT2D eigenvalue weighted by Gasteiger charge is 2.40. The standard InChI is InChI=1S/C21H26FN3O2S/c1-2-3-15-4-5-16(12-17(15)22)18-19(23-14-28-18)24-20(26)27-13-21-6-9-25(10-7-21)11-8-21/h4-5,12,14H,2-3,6-11,13H2,1H3,(H,24,26). The van der Waals surface area contributed by atoms with Gasteiger partial charge in [0.15, 0.2) is 5.82 Å². The van der Waals surface area contributed by atoms with Gasteiger partial charge in [0.25, 0.3) is 0 Å². The molecule has 0 radical (unpaired) electrons. The summed E-state index contributed by atoms with van der Waals surface area (Å²) in [7, 11) is 0. The van der Waals surface area contributed by atoms with Crippen LogP contribution in [0.1, 0.15) is 38.2 Å². The Bertz CT molecular complexity index is 832. The Morgan fingerprint density at radius 1 is 1.32 bits per heavy atom. The minimum absolute atomic E-state index is 0.134. The van der Waals surface area contributed by atoms with E-state index >= 15 is 0 Å². The van der Waals surface area contributed by atoms with Crippen LogP contribution in [0.5, 0.6) is 0 Å². The molecule has 3 saturated heterocycles. The molecule has 0 saturated carbocycles. The maximum Gasteiger partial charge on any atom is 0.412 e. The van der Waals surface area contributed by atoms with Crippen LogP contribution in [0.15, 0.2) is 23.7 Å². The van der Waals surface area contributed by atoms with E-state index in [0.717, 1.165) is 50.2 Å². The number of anilines is 1. The maximum absolute atomic E-state index is 14.3. The monoisotopic (exact) mass is 403 g/mol. The minimum atomic E-state index is -0.488. The number of piperidine rings is 3. The number of ether oxygens (including phenoxy) is 1. The highest BCUT2D eigenvalue weighted by atomic mass is 32.1. The first-order chi connectivity index (χ1) is 13.6. The molecule has 7 heteroatoms. The number of nitrogens with zero attached hydrogens (tertiary/aromatic N) is 2. The molecule has 2 aromatic rings. The van der Waals surface area contributed by atoms with Crippen molar-refractivity contribution in [3.05, 3.63) is 35.1 Å². The van der Waals surface area contributed by atoms with Crippen molar-refractivity contribution in [2.24, 2.45) is 5.41 Å². The molecule has 3 aliphatic rings. The predicted octanol–water partition coefficient (Wildman–Crippen LogP) is 4.94. The Morgan fingerprint density at radius 3 is 2.75 bits per heavy atom. The van der Waals surface area contributed by atoms with Crippen LogP contribution < -0.4 is 5.32 Å². The van der Waals surface area contributed by atoms with E-state index in [9.17, 15) is 9.18 Å². The number of thiazole rings is 1. The minimum Gasteiger partial charge on any atom is -0.449 e. The Balaban J connectivity index is 1.40. The summed E-state index contributed by atoms with van der Waals surface area (Å²) in [5.74, 6) is 0.206. The van der Waals surface area contributed by atoms with Gasteiger partial charge in [-0.2, -0.15) is 0 Å². The molecule has 1 N–H and O–H groups in total. The summed E-state index contributed by atoms with van der Waals surface area (Å²) in [5.41, 5.74) is 3.21. The van der Waals surface area contributed by atoms with Crippen molar-refractivity contribution in [1.29, 1.82) is 0 Å². The fourth-order valence-electron chi connectivity index (χ4n) is 4.16. The van der Waals surface area contributed by atoms with Gasteiger partial charge in [0.2, 0.25) is 0 Å². The summed E-state index contributed by atoms with van der Waals surface area (Å²) in [6, 6.07) is 5.21. The molecule has 4 heterocycles. The second-order valence-electron chi connectivity index (χ2n) is 7.88. The van der Waals surface area contributed by atoms with Crippen LogP contribution in [0.2, 0.25) is 0 Å². The Kier molecular flexibility index (Phi) is 5.64. The number of nitrogens with one attached hydrogen (secondary N) is 1.